The third kappa shape index (κ3) is 5.33. The first-order chi connectivity index (χ1) is 16.8. The van der Waals surface area contributed by atoms with Gasteiger partial charge in [-0.25, -0.2) is 9.67 Å². The molecule has 0 bridgehead atoms. The van der Waals surface area contributed by atoms with Crippen LogP contribution in [0.1, 0.15) is 39.2 Å². The minimum Gasteiger partial charge on any atom is -0.345 e. The average molecular weight is 491 g/mol. The summed E-state index contributed by atoms with van der Waals surface area (Å²) in [7, 11) is 0. The molecule has 11 heteroatoms. The van der Waals surface area contributed by atoms with Gasteiger partial charge in [-0.3, -0.25) is 19.7 Å². The van der Waals surface area contributed by atoms with E-state index in [-0.39, 0.29) is 39.5 Å². The summed E-state index contributed by atoms with van der Waals surface area (Å²) in [6.07, 6.45) is 3.04. The van der Waals surface area contributed by atoms with Crippen molar-refractivity contribution >= 4 is 34.8 Å². The summed E-state index contributed by atoms with van der Waals surface area (Å²) in [6, 6.07) is 17.3. The Balaban J connectivity index is 1.48. The molecule has 35 heavy (non-hydrogen) atoms. The monoisotopic (exact) mass is 490 g/mol. The molecule has 0 aliphatic heterocycles. The van der Waals surface area contributed by atoms with Crippen LogP contribution in [0.2, 0.25) is 5.02 Å². The lowest BCUT2D eigenvalue weighted by Crippen LogP contribution is -2.28. The van der Waals surface area contributed by atoms with E-state index in [0.29, 0.717) is 0 Å². The topological polar surface area (TPSA) is 132 Å². The predicted molar refractivity (Wildman–Crippen MR) is 130 cm³/mol. The van der Waals surface area contributed by atoms with Crippen LogP contribution in [0.3, 0.4) is 0 Å². The zero-order valence-electron chi connectivity index (χ0n) is 18.4. The molecule has 0 saturated heterocycles. The van der Waals surface area contributed by atoms with Crippen LogP contribution in [0.4, 0.5) is 11.4 Å². The third-order valence-electron chi connectivity index (χ3n) is 5.25. The highest BCUT2D eigenvalue weighted by atomic mass is 35.5. The van der Waals surface area contributed by atoms with Gasteiger partial charge in [0.1, 0.15) is 12.7 Å². The lowest BCUT2D eigenvalue weighted by molar-refractivity contribution is -0.384. The normalized spacial score (nSPS) is 11.5. The second-order valence-corrected chi connectivity index (χ2v) is 7.95. The number of anilines is 1. The number of hydrogen-bond donors (Lipinski definition) is 2. The fourth-order valence-electron chi connectivity index (χ4n) is 3.40. The van der Waals surface area contributed by atoms with Gasteiger partial charge in [-0.1, -0.05) is 35.9 Å². The number of halogens is 1. The largest absolute Gasteiger partial charge is 0.345 e. The summed E-state index contributed by atoms with van der Waals surface area (Å²) in [6.45, 7) is 1.85. The van der Waals surface area contributed by atoms with Crippen molar-refractivity contribution in [3.05, 3.63) is 111 Å². The van der Waals surface area contributed by atoms with Gasteiger partial charge in [-0.2, -0.15) is 5.10 Å². The van der Waals surface area contributed by atoms with Crippen molar-refractivity contribution in [2.75, 3.05) is 5.32 Å². The number of rotatable bonds is 7. The van der Waals surface area contributed by atoms with Crippen LogP contribution in [-0.2, 0) is 0 Å². The van der Waals surface area contributed by atoms with Crippen molar-refractivity contribution in [1.82, 2.24) is 20.1 Å². The van der Waals surface area contributed by atoms with E-state index in [1.54, 1.807) is 35.3 Å². The van der Waals surface area contributed by atoms with Gasteiger partial charge in [-0.15, -0.1) is 0 Å². The molecule has 0 fully saturated rings. The highest BCUT2D eigenvalue weighted by Gasteiger charge is 2.19. The average Bonchev–Trinajstić information content (AvgIpc) is 3.39. The molecule has 2 amide bonds. The number of para-hydroxylation sites is 1. The van der Waals surface area contributed by atoms with E-state index < -0.39 is 10.8 Å². The lowest BCUT2D eigenvalue weighted by Gasteiger charge is -2.17. The zero-order valence-corrected chi connectivity index (χ0v) is 19.1. The molecule has 0 aliphatic rings. The Morgan fingerprint density at radius 1 is 1.03 bits per heavy atom. The van der Waals surface area contributed by atoms with E-state index in [1.807, 2.05) is 31.2 Å². The molecule has 3 aromatic carbocycles. The minimum absolute atomic E-state index is 0.0494. The molecule has 2 N–H and O–H groups in total. The summed E-state index contributed by atoms with van der Waals surface area (Å²) >= 11 is 6.06. The molecule has 0 aliphatic carbocycles. The summed E-state index contributed by atoms with van der Waals surface area (Å²) in [5.74, 6) is -0.981. The van der Waals surface area contributed by atoms with Crippen LogP contribution in [0.25, 0.3) is 5.69 Å². The Bertz CT molecular complexity index is 1390. The number of aromatic nitrogens is 3. The molecule has 0 saturated carbocycles. The van der Waals surface area contributed by atoms with Gasteiger partial charge >= 0.3 is 0 Å². The molecule has 0 spiro atoms. The molecular formula is C24H19ClN6O4. The molecule has 1 unspecified atom stereocenters. The Morgan fingerprint density at radius 2 is 1.77 bits per heavy atom. The number of benzene rings is 3. The SMILES string of the molecule is CC(NC(=O)c1ccccc1NC(=O)c1ccc([N+](=O)[O-])cc1Cl)c1ccc(-n2cncn2)cc1. The van der Waals surface area contributed by atoms with Gasteiger partial charge in [0.05, 0.1) is 38.5 Å². The van der Waals surface area contributed by atoms with E-state index in [9.17, 15) is 19.7 Å². The van der Waals surface area contributed by atoms with Crippen molar-refractivity contribution in [2.24, 2.45) is 0 Å². The summed E-state index contributed by atoms with van der Waals surface area (Å²) in [5.41, 5.74) is 2.07. The van der Waals surface area contributed by atoms with Crippen LogP contribution < -0.4 is 10.6 Å². The molecule has 176 valence electrons. The van der Waals surface area contributed by atoms with Gasteiger partial charge in [0.2, 0.25) is 0 Å². The maximum atomic E-state index is 13.0. The van der Waals surface area contributed by atoms with E-state index >= 15 is 0 Å². The van der Waals surface area contributed by atoms with Crippen molar-refractivity contribution in [2.45, 2.75) is 13.0 Å². The molecule has 1 aromatic heterocycles. The highest BCUT2D eigenvalue weighted by molar-refractivity contribution is 6.34. The van der Waals surface area contributed by atoms with Gasteiger partial charge < -0.3 is 10.6 Å². The molecular weight excluding hydrogens is 472 g/mol. The molecule has 10 nitrogen and oxygen atoms in total. The second-order valence-electron chi connectivity index (χ2n) is 7.55. The summed E-state index contributed by atoms with van der Waals surface area (Å²) < 4.78 is 1.63. The van der Waals surface area contributed by atoms with Crippen LogP contribution in [-0.4, -0.2) is 31.5 Å². The number of nitrogens with zero attached hydrogens (tertiary/aromatic N) is 4. The lowest BCUT2D eigenvalue weighted by atomic mass is 10.1. The smallest absolute Gasteiger partial charge is 0.270 e. The maximum Gasteiger partial charge on any atom is 0.270 e. The summed E-state index contributed by atoms with van der Waals surface area (Å²) in [5, 5.41) is 20.5. The Morgan fingerprint density at radius 3 is 2.43 bits per heavy atom. The number of amides is 2. The van der Waals surface area contributed by atoms with Crippen LogP contribution >= 0.6 is 11.6 Å². The van der Waals surface area contributed by atoms with Gasteiger partial charge in [0, 0.05) is 12.1 Å². The van der Waals surface area contributed by atoms with Crippen molar-refractivity contribution < 1.29 is 14.5 Å². The quantitative estimate of drug-likeness (QED) is 0.288. The maximum absolute atomic E-state index is 13.0. The Hall–Kier alpha value is -4.57. The first kappa shape index (κ1) is 23.6. The number of nitro benzene ring substituents is 1. The standard InChI is InChI=1S/C24H19ClN6O4/c1-15(16-6-8-17(9-7-16)30-14-26-13-27-30)28-24(33)20-4-2-3-5-22(20)29-23(32)19-11-10-18(31(34)35)12-21(19)25/h2-15H,1H3,(H,28,33)(H,29,32). The van der Waals surface area contributed by atoms with Crippen LogP contribution in [0, 0.1) is 10.1 Å². The van der Waals surface area contributed by atoms with Gasteiger partial charge in [0.25, 0.3) is 17.5 Å². The second kappa shape index (κ2) is 10.1. The number of carbonyl (C=O) groups is 2. The first-order valence-electron chi connectivity index (χ1n) is 10.4. The van der Waals surface area contributed by atoms with Crippen LogP contribution in [0.15, 0.2) is 79.4 Å². The number of hydrogen-bond acceptors (Lipinski definition) is 6. The molecule has 4 rings (SSSR count). The number of non-ortho nitro benzene ring substituents is 1. The minimum atomic E-state index is -0.601. The highest BCUT2D eigenvalue weighted by Crippen LogP contribution is 2.25. The van der Waals surface area contributed by atoms with Gasteiger partial charge in [-0.05, 0) is 42.8 Å². The number of nitro groups is 1. The molecule has 4 aromatic rings. The van der Waals surface area contributed by atoms with E-state index in [0.717, 1.165) is 17.3 Å². The van der Waals surface area contributed by atoms with Gasteiger partial charge in [0.15, 0.2) is 0 Å². The molecule has 1 atom stereocenters. The number of carbonyl (C=O) groups excluding carboxylic acids is 2. The van der Waals surface area contributed by atoms with Crippen LogP contribution in [0.5, 0.6) is 0 Å². The fraction of sp³-hybridized carbons (Fsp3) is 0.0833. The summed E-state index contributed by atoms with van der Waals surface area (Å²) in [4.78, 5) is 40.0. The third-order valence-corrected chi connectivity index (χ3v) is 5.56. The fourth-order valence-corrected chi connectivity index (χ4v) is 3.66. The Kier molecular flexibility index (Phi) is 6.83. The van der Waals surface area contributed by atoms with Crippen molar-refractivity contribution in [1.29, 1.82) is 0 Å². The molecule has 0 radical (unpaired) electrons. The van der Waals surface area contributed by atoms with Crippen molar-refractivity contribution in [3.63, 3.8) is 0 Å². The van der Waals surface area contributed by atoms with E-state index in [2.05, 4.69) is 20.7 Å². The van der Waals surface area contributed by atoms with E-state index in [1.165, 1.54) is 18.5 Å². The first-order valence-corrected chi connectivity index (χ1v) is 10.8. The predicted octanol–water partition coefficient (Wildman–Crippen LogP) is 4.57. The van der Waals surface area contributed by atoms with E-state index in [4.69, 9.17) is 11.6 Å². The number of nitrogens with one attached hydrogen (secondary N) is 2. The Labute approximate surface area is 204 Å². The van der Waals surface area contributed by atoms with Crippen molar-refractivity contribution in [3.8, 4) is 5.69 Å². The molecule has 1 heterocycles. The zero-order chi connectivity index (χ0) is 24.9.